The second kappa shape index (κ2) is 10.9. The number of hydrogen-bond donors (Lipinski definition) is 1. The molecule has 2 heterocycles. The fourth-order valence-corrected chi connectivity index (χ4v) is 4.65. The van der Waals surface area contributed by atoms with E-state index in [-0.39, 0.29) is 11.3 Å². The predicted octanol–water partition coefficient (Wildman–Crippen LogP) is 3.57. The number of ether oxygens (including phenoxy) is 2. The van der Waals surface area contributed by atoms with Crippen molar-refractivity contribution in [1.29, 1.82) is 0 Å². The highest BCUT2D eigenvalue weighted by molar-refractivity contribution is 6.46. The summed E-state index contributed by atoms with van der Waals surface area (Å²) in [6.07, 6.45) is 2.18. The number of aliphatic hydroxyl groups is 1. The average molecular weight is 505 g/mol. The number of carbonyl (C=O) groups excluding carboxylic acids is 2. The van der Waals surface area contributed by atoms with Gasteiger partial charge >= 0.3 is 0 Å². The molecule has 1 N–H and O–H groups in total. The van der Waals surface area contributed by atoms with Gasteiger partial charge in [-0.25, -0.2) is 4.68 Å². The van der Waals surface area contributed by atoms with Crippen LogP contribution >= 0.6 is 0 Å². The highest BCUT2D eigenvalue weighted by atomic mass is 16.5. The number of benzene rings is 2. The minimum absolute atomic E-state index is 0.0257. The number of aliphatic hydroxyl groups excluding tert-OH is 1. The third-order valence-corrected chi connectivity index (χ3v) is 6.53. The number of rotatable bonds is 9. The second-order valence-electron chi connectivity index (χ2n) is 9.15. The van der Waals surface area contributed by atoms with Gasteiger partial charge in [-0.15, -0.1) is 0 Å². The number of methoxy groups -OCH3 is 2. The lowest BCUT2D eigenvalue weighted by Crippen LogP contribution is -2.32. The fraction of sp³-hybridized carbons (Fsp3) is 0.321. The van der Waals surface area contributed by atoms with Crippen LogP contribution in [0.1, 0.15) is 29.3 Å². The average Bonchev–Trinajstić information content (AvgIpc) is 3.40. The van der Waals surface area contributed by atoms with Crippen molar-refractivity contribution in [2.24, 2.45) is 0 Å². The molecule has 194 valence electrons. The van der Waals surface area contributed by atoms with Gasteiger partial charge in [-0.05, 0) is 63.8 Å². The van der Waals surface area contributed by atoms with Crippen molar-refractivity contribution in [1.82, 2.24) is 19.6 Å². The first-order valence-corrected chi connectivity index (χ1v) is 12.0. The van der Waals surface area contributed by atoms with E-state index >= 15 is 0 Å². The second-order valence-corrected chi connectivity index (χ2v) is 9.15. The third-order valence-electron chi connectivity index (χ3n) is 6.53. The molecule has 1 aliphatic rings. The Morgan fingerprint density at radius 1 is 1.05 bits per heavy atom. The van der Waals surface area contributed by atoms with Crippen molar-refractivity contribution >= 4 is 17.4 Å². The summed E-state index contributed by atoms with van der Waals surface area (Å²) in [7, 11) is 6.97. The number of ketones is 1. The van der Waals surface area contributed by atoms with Crippen LogP contribution in [0.25, 0.3) is 11.4 Å². The van der Waals surface area contributed by atoms with Gasteiger partial charge in [0, 0.05) is 6.54 Å². The number of para-hydroxylation sites is 1. The van der Waals surface area contributed by atoms with Crippen LogP contribution in [0.5, 0.6) is 11.5 Å². The Bertz CT molecular complexity index is 1330. The molecule has 0 radical (unpaired) electrons. The van der Waals surface area contributed by atoms with Crippen molar-refractivity contribution in [3.05, 3.63) is 77.1 Å². The lowest BCUT2D eigenvalue weighted by atomic mass is 9.95. The Morgan fingerprint density at radius 2 is 1.76 bits per heavy atom. The molecule has 2 aromatic carbocycles. The first-order chi connectivity index (χ1) is 17.8. The molecule has 0 bridgehead atoms. The highest BCUT2D eigenvalue weighted by Crippen LogP contribution is 2.42. The zero-order valence-electron chi connectivity index (χ0n) is 21.8. The number of hydrogen-bond acceptors (Lipinski definition) is 7. The van der Waals surface area contributed by atoms with Gasteiger partial charge in [0.05, 0.1) is 49.0 Å². The van der Waals surface area contributed by atoms with E-state index in [1.165, 1.54) is 25.3 Å². The summed E-state index contributed by atoms with van der Waals surface area (Å²) in [6.45, 7) is 2.90. The number of amides is 1. The summed E-state index contributed by atoms with van der Waals surface area (Å²) >= 11 is 0. The quantitative estimate of drug-likeness (QED) is 0.270. The van der Waals surface area contributed by atoms with Crippen molar-refractivity contribution in [2.75, 3.05) is 41.4 Å². The van der Waals surface area contributed by atoms with Gasteiger partial charge in [-0.1, -0.05) is 24.3 Å². The van der Waals surface area contributed by atoms with Gasteiger partial charge in [0.25, 0.3) is 11.7 Å². The van der Waals surface area contributed by atoms with Gasteiger partial charge in [0.1, 0.15) is 5.76 Å². The topological polar surface area (TPSA) is 97.1 Å². The van der Waals surface area contributed by atoms with Crippen molar-refractivity contribution < 1.29 is 24.2 Å². The van der Waals surface area contributed by atoms with Crippen LogP contribution in [0, 0.1) is 6.92 Å². The first kappa shape index (κ1) is 26.0. The number of likely N-dealkylation sites (tertiary alicyclic amines) is 1. The Kier molecular flexibility index (Phi) is 7.63. The zero-order valence-corrected chi connectivity index (χ0v) is 21.8. The minimum Gasteiger partial charge on any atom is -0.507 e. The van der Waals surface area contributed by atoms with Crippen molar-refractivity contribution in [3.8, 4) is 17.2 Å². The molecule has 1 aliphatic heterocycles. The van der Waals surface area contributed by atoms with Gasteiger partial charge in [-0.2, -0.15) is 5.10 Å². The molecule has 9 heteroatoms. The number of nitrogens with zero attached hydrogens (tertiary/aromatic N) is 4. The molecule has 4 rings (SSSR count). The standard InChI is InChI=1S/C28H32N4O5/c1-18-21(17-29-32(18)20-10-7-6-8-11-20)26(33)24-25(19-12-13-22(36-4)23(16-19)37-5)31(28(35)27(24)34)15-9-14-30(2)3/h6-8,10-13,16-17,25,33H,9,14-15H2,1-5H3/b26-24+. The monoisotopic (exact) mass is 504 g/mol. The maximum atomic E-state index is 13.4. The summed E-state index contributed by atoms with van der Waals surface area (Å²) in [5.41, 5.74) is 2.52. The van der Waals surface area contributed by atoms with Crippen LogP contribution in [0.3, 0.4) is 0 Å². The van der Waals surface area contributed by atoms with E-state index in [0.717, 1.165) is 12.2 Å². The van der Waals surface area contributed by atoms with Crippen molar-refractivity contribution in [2.45, 2.75) is 19.4 Å². The van der Waals surface area contributed by atoms with Gasteiger partial charge in [-0.3, -0.25) is 9.59 Å². The number of aromatic nitrogens is 2. The SMILES string of the molecule is COc1ccc(C2/C(=C(\O)c3cnn(-c4ccccc4)c3C)C(=O)C(=O)N2CCCN(C)C)cc1OC. The molecular formula is C28H32N4O5. The molecule has 0 saturated carbocycles. The van der Waals surface area contributed by atoms with E-state index in [9.17, 15) is 14.7 Å². The zero-order chi connectivity index (χ0) is 26.7. The molecule has 1 unspecified atom stereocenters. The van der Waals surface area contributed by atoms with Crippen LogP contribution in [-0.2, 0) is 9.59 Å². The normalized spacial score (nSPS) is 17.0. The molecule has 1 saturated heterocycles. The molecule has 0 spiro atoms. The van der Waals surface area contributed by atoms with Crippen LogP contribution in [0.2, 0.25) is 0 Å². The maximum Gasteiger partial charge on any atom is 0.295 e. The molecule has 1 aromatic heterocycles. The third kappa shape index (κ3) is 4.95. The predicted molar refractivity (Wildman–Crippen MR) is 140 cm³/mol. The smallest absolute Gasteiger partial charge is 0.295 e. The van der Waals surface area contributed by atoms with E-state index in [0.29, 0.717) is 41.3 Å². The maximum absolute atomic E-state index is 13.4. The Morgan fingerprint density at radius 3 is 2.41 bits per heavy atom. The molecule has 0 aliphatic carbocycles. The van der Waals surface area contributed by atoms with E-state index in [1.54, 1.807) is 22.9 Å². The lowest BCUT2D eigenvalue weighted by Gasteiger charge is -2.26. The highest BCUT2D eigenvalue weighted by Gasteiger charge is 2.46. The number of carbonyl (C=O) groups is 2. The molecule has 9 nitrogen and oxygen atoms in total. The molecule has 1 fully saturated rings. The van der Waals surface area contributed by atoms with E-state index in [1.807, 2.05) is 56.3 Å². The molecule has 3 aromatic rings. The van der Waals surface area contributed by atoms with E-state index in [2.05, 4.69) is 5.10 Å². The molecule has 1 atom stereocenters. The van der Waals surface area contributed by atoms with Crippen LogP contribution in [-0.4, -0.2) is 77.8 Å². The largest absolute Gasteiger partial charge is 0.507 e. The lowest BCUT2D eigenvalue weighted by molar-refractivity contribution is -0.139. The summed E-state index contributed by atoms with van der Waals surface area (Å²) < 4.78 is 12.5. The number of Topliss-reactive ketones (excluding diaryl/α,β-unsaturated/α-hetero) is 1. The van der Waals surface area contributed by atoms with Gasteiger partial charge in [0.15, 0.2) is 11.5 Å². The molecular weight excluding hydrogens is 472 g/mol. The molecule has 1 amide bonds. The van der Waals surface area contributed by atoms with Gasteiger partial charge in [0.2, 0.25) is 0 Å². The first-order valence-electron chi connectivity index (χ1n) is 12.0. The Labute approximate surface area is 216 Å². The van der Waals surface area contributed by atoms with E-state index in [4.69, 9.17) is 9.47 Å². The molecule has 37 heavy (non-hydrogen) atoms. The van der Waals surface area contributed by atoms with Crippen LogP contribution < -0.4 is 9.47 Å². The van der Waals surface area contributed by atoms with Crippen molar-refractivity contribution in [3.63, 3.8) is 0 Å². The van der Waals surface area contributed by atoms with E-state index < -0.39 is 17.7 Å². The van der Waals surface area contributed by atoms with Crippen LogP contribution in [0.15, 0.2) is 60.3 Å². The summed E-state index contributed by atoms with van der Waals surface area (Å²) in [6, 6.07) is 14.0. The Hall–Kier alpha value is -4.11. The fourth-order valence-electron chi connectivity index (χ4n) is 4.65. The minimum atomic E-state index is -0.790. The van der Waals surface area contributed by atoms with Crippen LogP contribution in [0.4, 0.5) is 0 Å². The summed E-state index contributed by atoms with van der Waals surface area (Å²) in [5.74, 6) is -0.641. The summed E-state index contributed by atoms with van der Waals surface area (Å²) in [5, 5.41) is 15.9. The van der Waals surface area contributed by atoms with Gasteiger partial charge < -0.3 is 24.4 Å². The Balaban J connectivity index is 1.84. The summed E-state index contributed by atoms with van der Waals surface area (Å²) in [4.78, 5) is 30.2.